The number of benzene rings is 1. The van der Waals surface area contributed by atoms with Crippen molar-refractivity contribution in [2.45, 2.75) is 26.3 Å². The highest BCUT2D eigenvalue weighted by molar-refractivity contribution is 5.23. The van der Waals surface area contributed by atoms with Crippen LogP contribution in [0.3, 0.4) is 0 Å². The van der Waals surface area contributed by atoms with E-state index in [2.05, 4.69) is 5.32 Å². The van der Waals surface area contributed by atoms with E-state index in [4.69, 9.17) is 0 Å². The first-order valence-electron chi connectivity index (χ1n) is 4.67. The van der Waals surface area contributed by atoms with Crippen LogP contribution in [0.25, 0.3) is 0 Å². The Hall–Kier alpha value is -0.960. The molecular formula is C11H15F2N. The van der Waals surface area contributed by atoms with Gasteiger partial charge in [-0.2, -0.15) is 0 Å². The zero-order chi connectivity index (χ0) is 10.6. The normalized spacial score (nSPS) is 13.2. The maximum atomic E-state index is 11.9. The number of hydrogen-bond acceptors (Lipinski definition) is 1. The molecule has 0 saturated carbocycles. The van der Waals surface area contributed by atoms with E-state index in [9.17, 15) is 8.78 Å². The monoisotopic (exact) mass is 199 g/mol. The Morgan fingerprint density at radius 3 is 2.29 bits per heavy atom. The van der Waals surface area contributed by atoms with E-state index in [1.807, 2.05) is 38.1 Å². The SMILES string of the molecule is Cc1ccc(C(C)NCC(F)F)cc1. The fourth-order valence-electron chi connectivity index (χ4n) is 1.24. The summed E-state index contributed by atoms with van der Waals surface area (Å²) in [5, 5.41) is 2.77. The highest BCUT2D eigenvalue weighted by atomic mass is 19.3. The molecule has 0 spiro atoms. The number of nitrogens with one attached hydrogen (secondary N) is 1. The number of aryl methyl sites for hydroxylation is 1. The lowest BCUT2D eigenvalue weighted by Crippen LogP contribution is -2.24. The largest absolute Gasteiger partial charge is 0.305 e. The van der Waals surface area contributed by atoms with Gasteiger partial charge in [0.2, 0.25) is 0 Å². The second kappa shape index (κ2) is 5.05. The van der Waals surface area contributed by atoms with Crippen molar-refractivity contribution in [3.63, 3.8) is 0 Å². The molecule has 0 radical (unpaired) electrons. The summed E-state index contributed by atoms with van der Waals surface area (Å²) in [6, 6.07) is 7.85. The average Bonchev–Trinajstić information content (AvgIpc) is 2.15. The summed E-state index contributed by atoms with van der Waals surface area (Å²) in [5.74, 6) is 0. The topological polar surface area (TPSA) is 12.0 Å². The molecule has 1 nitrogen and oxygen atoms in total. The van der Waals surface area contributed by atoms with Crippen molar-refractivity contribution in [1.29, 1.82) is 0 Å². The van der Waals surface area contributed by atoms with Crippen molar-refractivity contribution in [3.8, 4) is 0 Å². The van der Waals surface area contributed by atoms with E-state index < -0.39 is 6.43 Å². The van der Waals surface area contributed by atoms with Crippen LogP contribution in [0.1, 0.15) is 24.1 Å². The fourth-order valence-corrected chi connectivity index (χ4v) is 1.24. The van der Waals surface area contributed by atoms with E-state index in [-0.39, 0.29) is 12.6 Å². The van der Waals surface area contributed by atoms with Crippen molar-refractivity contribution in [2.75, 3.05) is 6.54 Å². The van der Waals surface area contributed by atoms with Crippen LogP contribution in [0.15, 0.2) is 24.3 Å². The zero-order valence-corrected chi connectivity index (χ0v) is 8.43. The first-order chi connectivity index (χ1) is 6.59. The Kier molecular flexibility index (Phi) is 4.01. The van der Waals surface area contributed by atoms with Crippen molar-refractivity contribution in [2.24, 2.45) is 0 Å². The van der Waals surface area contributed by atoms with Crippen molar-refractivity contribution >= 4 is 0 Å². The summed E-state index contributed by atoms with van der Waals surface area (Å²) in [7, 11) is 0. The third-order valence-electron chi connectivity index (χ3n) is 2.16. The van der Waals surface area contributed by atoms with Gasteiger partial charge in [0.25, 0.3) is 6.43 Å². The van der Waals surface area contributed by atoms with Gasteiger partial charge < -0.3 is 5.32 Å². The van der Waals surface area contributed by atoms with Crippen molar-refractivity contribution < 1.29 is 8.78 Å². The molecule has 14 heavy (non-hydrogen) atoms. The van der Waals surface area contributed by atoms with Crippen LogP contribution in [0.2, 0.25) is 0 Å². The lowest BCUT2D eigenvalue weighted by atomic mass is 10.1. The van der Waals surface area contributed by atoms with Crippen LogP contribution >= 0.6 is 0 Å². The molecule has 1 atom stereocenters. The van der Waals surface area contributed by atoms with E-state index in [0.29, 0.717) is 0 Å². The molecule has 1 aromatic rings. The van der Waals surface area contributed by atoms with Crippen LogP contribution < -0.4 is 5.32 Å². The second-order valence-corrected chi connectivity index (χ2v) is 3.43. The van der Waals surface area contributed by atoms with Gasteiger partial charge in [-0.25, -0.2) is 8.78 Å². The van der Waals surface area contributed by atoms with Crippen molar-refractivity contribution in [3.05, 3.63) is 35.4 Å². The molecule has 0 aliphatic heterocycles. The minimum absolute atomic E-state index is 0.0235. The van der Waals surface area contributed by atoms with Gasteiger partial charge in [0.05, 0.1) is 6.54 Å². The third-order valence-corrected chi connectivity index (χ3v) is 2.16. The number of hydrogen-bond donors (Lipinski definition) is 1. The quantitative estimate of drug-likeness (QED) is 0.786. The molecule has 0 heterocycles. The van der Waals surface area contributed by atoms with Crippen LogP contribution in [-0.2, 0) is 0 Å². The molecule has 1 rings (SSSR count). The Morgan fingerprint density at radius 2 is 1.79 bits per heavy atom. The number of halogens is 2. The summed E-state index contributed by atoms with van der Waals surface area (Å²) < 4.78 is 23.8. The predicted octanol–water partition coefficient (Wildman–Crippen LogP) is 2.91. The van der Waals surface area contributed by atoms with Crippen LogP contribution in [0, 0.1) is 6.92 Å². The second-order valence-electron chi connectivity index (χ2n) is 3.43. The minimum atomic E-state index is -2.29. The lowest BCUT2D eigenvalue weighted by Gasteiger charge is -2.13. The summed E-state index contributed by atoms with van der Waals surface area (Å²) in [6.45, 7) is 3.63. The van der Waals surface area contributed by atoms with Gasteiger partial charge in [-0.1, -0.05) is 29.8 Å². The number of alkyl halides is 2. The summed E-state index contributed by atoms with van der Waals surface area (Å²) in [5.41, 5.74) is 2.21. The molecule has 0 bridgehead atoms. The first-order valence-corrected chi connectivity index (χ1v) is 4.67. The Bertz CT molecular complexity index is 269. The van der Waals surface area contributed by atoms with Gasteiger partial charge in [0, 0.05) is 6.04 Å². The summed E-state index contributed by atoms with van der Waals surface area (Å²) >= 11 is 0. The van der Waals surface area contributed by atoms with Crippen LogP contribution in [-0.4, -0.2) is 13.0 Å². The Morgan fingerprint density at radius 1 is 1.21 bits per heavy atom. The maximum absolute atomic E-state index is 11.9. The molecule has 0 aliphatic rings. The summed E-state index contributed by atoms with van der Waals surface area (Å²) in [4.78, 5) is 0. The molecule has 0 saturated heterocycles. The maximum Gasteiger partial charge on any atom is 0.250 e. The zero-order valence-electron chi connectivity index (χ0n) is 8.43. The molecule has 1 N–H and O–H groups in total. The number of rotatable bonds is 4. The molecule has 0 aliphatic carbocycles. The minimum Gasteiger partial charge on any atom is -0.305 e. The van der Waals surface area contributed by atoms with Gasteiger partial charge in [0.1, 0.15) is 0 Å². The van der Waals surface area contributed by atoms with Crippen LogP contribution in [0.4, 0.5) is 8.78 Å². The Balaban J connectivity index is 2.52. The first kappa shape index (κ1) is 11.1. The van der Waals surface area contributed by atoms with E-state index in [1.54, 1.807) is 0 Å². The highest BCUT2D eigenvalue weighted by Crippen LogP contribution is 2.12. The lowest BCUT2D eigenvalue weighted by molar-refractivity contribution is 0.142. The molecule has 0 amide bonds. The van der Waals surface area contributed by atoms with Crippen LogP contribution in [0.5, 0.6) is 0 Å². The highest BCUT2D eigenvalue weighted by Gasteiger charge is 2.07. The molecule has 0 aromatic heterocycles. The molecule has 1 unspecified atom stereocenters. The van der Waals surface area contributed by atoms with Gasteiger partial charge in [-0.3, -0.25) is 0 Å². The van der Waals surface area contributed by atoms with E-state index in [1.165, 1.54) is 5.56 Å². The smallest absolute Gasteiger partial charge is 0.250 e. The predicted molar refractivity (Wildman–Crippen MR) is 53.6 cm³/mol. The average molecular weight is 199 g/mol. The molecular weight excluding hydrogens is 184 g/mol. The van der Waals surface area contributed by atoms with Gasteiger partial charge in [-0.15, -0.1) is 0 Å². The Labute approximate surface area is 83.1 Å². The third kappa shape index (κ3) is 3.42. The van der Waals surface area contributed by atoms with Crippen molar-refractivity contribution in [1.82, 2.24) is 5.32 Å². The fraction of sp³-hybridized carbons (Fsp3) is 0.455. The molecule has 0 fully saturated rings. The molecule has 78 valence electrons. The van der Waals surface area contributed by atoms with Gasteiger partial charge in [0.15, 0.2) is 0 Å². The standard InChI is InChI=1S/C11H15F2N/c1-8-3-5-10(6-4-8)9(2)14-7-11(12)13/h3-6,9,11,14H,7H2,1-2H3. The van der Waals surface area contributed by atoms with Gasteiger partial charge in [-0.05, 0) is 19.4 Å². The van der Waals surface area contributed by atoms with E-state index in [0.717, 1.165) is 5.56 Å². The molecule has 3 heteroatoms. The summed E-state index contributed by atoms with van der Waals surface area (Å²) in [6.07, 6.45) is -2.29. The van der Waals surface area contributed by atoms with E-state index >= 15 is 0 Å². The molecule has 1 aromatic carbocycles. The van der Waals surface area contributed by atoms with Gasteiger partial charge >= 0.3 is 0 Å².